The molecule has 0 bridgehead atoms. The molecule has 0 amide bonds. The molecule has 1 heterocycles. The Balaban J connectivity index is 2.38. The number of halogens is 2. The van der Waals surface area contributed by atoms with E-state index in [9.17, 15) is 0 Å². The maximum Gasteiger partial charge on any atom is 0.161 e. The molecule has 1 saturated carbocycles. The van der Waals surface area contributed by atoms with Gasteiger partial charge in [0.1, 0.15) is 5.82 Å². The zero-order valence-electron chi connectivity index (χ0n) is 9.00. The largest absolute Gasteiger partial charge is 0.353 e. The molecular weight excluding hydrogens is 247 g/mol. The van der Waals surface area contributed by atoms with Crippen LogP contribution in [0.3, 0.4) is 0 Å². The van der Waals surface area contributed by atoms with Gasteiger partial charge >= 0.3 is 0 Å². The van der Waals surface area contributed by atoms with Crippen LogP contribution in [0.4, 0.5) is 11.6 Å². The molecule has 1 aromatic rings. The third-order valence-corrected chi connectivity index (χ3v) is 3.21. The van der Waals surface area contributed by atoms with Gasteiger partial charge in [-0.2, -0.15) is 0 Å². The van der Waals surface area contributed by atoms with Crippen LogP contribution in [-0.2, 0) is 0 Å². The van der Waals surface area contributed by atoms with Gasteiger partial charge in [0.05, 0.1) is 10.0 Å². The molecule has 3 N–H and O–H groups in total. The Kier molecular flexibility index (Phi) is 3.42. The van der Waals surface area contributed by atoms with Gasteiger partial charge in [-0.1, -0.05) is 23.2 Å². The van der Waals surface area contributed by atoms with Gasteiger partial charge in [0, 0.05) is 12.6 Å². The summed E-state index contributed by atoms with van der Waals surface area (Å²) in [5.41, 5.74) is 2.47. The maximum absolute atomic E-state index is 6.15. The average Bonchev–Trinajstić information content (AvgIpc) is 3.06. The molecular formula is C10H14Cl2N4. The molecule has 0 aliphatic heterocycles. The zero-order valence-corrected chi connectivity index (χ0v) is 10.5. The number of nitrogens with zero attached hydrogens (tertiary/aromatic N) is 2. The highest BCUT2D eigenvalue weighted by molar-refractivity contribution is 6.37. The van der Waals surface area contributed by atoms with Crippen molar-refractivity contribution in [1.29, 1.82) is 0 Å². The van der Waals surface area contributed by atoms with Gasteiger partial charge < -0.3 is 10.3 Å². The summed E-state index contributed by atoms with van der Waals surface area (Å²) < 4.78 is 0. The van der Waals surface area contributed by atoms with Gasteiger partial charge in [0.25, 0.3) is 0 Å². The smallest absolute Gasteiger partial charge is 0.161 e. The van der Waals surface area contributed by atoms with E-state index >= 15 is 0 Å². The molecule has 0 atom stereocenters. The molecule has 2 rings (SSSR count). The number of hydrogen-bond acceptors (Lipinski definition) is 4. The van der Waals surface area contributed by atoms with Crippen molar-refractivity contribution in [3.05, 3.63) is 16.1 Å². The van der Waals surface area contributed by atoms with E-state index in [0.717, 1.165) is 12.4 Å². The summed E-state index contributed by atoms with van der Waals surface area (Å²) in [6.45, 7) is 2.96. The first-order valence-electron chi connectivity index (χ1n) is 5.26. The average molecular weight is 261 g/mol. The highest BCUT2D eigenvalue weighted by Gasteiger charge is 2.30. The SMILES string of the molecule is CCN(c1nc(NN)c(Cl)cc1Cl)C1CC1. The van der Waals surface area contributed by atoms with E-state index in [0.29, 0.717) is 21.9 Å². The number of anilines is 2. The maximum atomic E-state index is 6.15. The second kappa shape index (κ2) is 4.65. The van der Waals surface area contributed by atoms with Crippen molar-refractivity contribution in [3.63, 3.8) is 0 Å². The highest BCUT2D eigenvalue weighted by Crippen LogP contribution is 2.36. The third-order valence-electron chi connectivity index (χ3n) is 2.65. The standard InChI is InChI=1S/C10H14Cl2N4/c1-2-16(6-3-4-6)10-8(12)5-7(11)9(14-10)15-13/h5-6H,2-4,13H2,1H3,(H,14,15). The topological polar surface area (TPSA) is 54.2 Å². The minimum Gasteiger partial charge on any atom is -0.353 e. The van der Waals surface area contributed by atoms with Crippen LogP contribution in [0.2, 0.25) is 10.0 Å². The van der Waals surface area contributed by atoms with Gasteiger partial charge in [-0.05, 0) is 25.8 Å². The number of nitrogen functional groups attached to an aromatic ring is 1. The van der Waals surface area contributed by atoms with Crippen molar-refractivity contribution in [3.8, 4) is 0 Å². The molecule has 1 aliphatic rings. The van der Waals surface area contributed by atoms with E-state index < -0.39 is 0 Å². The molecule has 1 aliphatic carbocycles. The lowest BCUT2D eigenvalue weighted by atomic mass is 10.3. The number of nitrogens with two attached hydrogens (primary N) is 1. The van der Waals surface area contributed by atoms with Crippen LogP contribution >= 0.6 is 23.2 Å². The normalized spacial score (nSPS) is 15.0. The van der Waals surface area contributed by atoms with Crippen molar-refractivity contribution in [2.75, 3.05) is 16.9 Å². The Morgan fingerprint density at radius 2 is 2.19 bits per heavy atom. The van der Waals surface area contributed by atoms with Crippen LogP contribution in [0.1, 0.15) is 19.8 Å². The van der Waals surface area contributed by atoms with Crippen LogP contribution in [0.5, 0.6) is 0 Å². The summed E-state index contributed by atoms with van der Waals surface area (Å²) in [5, 5.41) is 1.00. The first-order valence-corrected chi connectivity index (χ1v) is 6.02. The molecule has 16 heavy (non-hydrogen) atoms. The van der Waals surface area contributed by atoms with Crippen LogP contribution < -0.4 is 16.2 Å². The molecule has 0 spiro atoms. The lowest BCUT2D eigenvalue weighted by molar-refractivity contribution is 0.809. The van der Waals surface area contributed by atoms with Crippen molar-refractivity contribution in [2.45, 2.75) is 25.8 Å². The van der Waals surface area contributed by atoms with Crippen molar-refractivity contribution >= 4 is 34.8 Å². The Morgan fingerprint density at radius 1 is 1.50 bits per heavy atom. The first-order chi connectivity index (χ1) is 7.67. The second-order valence-electron chi connectivity index (χ2n) is 3.79. The third kappa shape index (κ3) is 2.19. The summed E-state index contributed by atoms with van der Waals surface area (Å²) >= 11 is 12.1. The number of pyridine rings is 1. The fraction of sp³-hybridized carbons (Fsp3) is 0.500. The summed E-state index contributed by atoms with van der Waals surface area (Å²) in [4.78, 5) is 6.53. The van der Waals surface area contributed by atoms with Crippen molar-refractivity contribution in [1.82, 2.24) is 4.98 Å². The summed E-state index contributed by atoms with van der Waals surface area (Å²) in [7, 11) is 0. The molecule has 0 unspecified atom stereocenters. The number of nitrogens with one attached hydrogen (secondary N) is 1. The molecule has 1 aromatic heterocycles. The highest BCUT2D eigenvalue weighted by atomic mass is 35.5. The fourth-order valence-electron chi connectivity index (χ4n) is 1.73. The number of hydrogen-bond donors (Lipinski definition) is 2. The predicted octanol–water partition coefficient (Wildman–Crippen LogP) is 2.66. The minimum atomic E-state index is 0.433. The van der Waals surface area contributed by atoms with Gasteiger partial charge in [-0.25, -0.2) is 10.8 Å². The Hall–Kier alpha value is -0.710. The van der Waals surface area contributed by atoms with Gasteiger partial charge in [-0.3, -0.25) is 0 Å². The molecule has 0 radical (unpaired) electrons. The van der Waals surface area contributed by atoms with Crippen LogP contribution in [0.15, 0.2) is 6.07 Å². The Bertz CT molecular complexity index is 393. The van der Waals surface area contributed by atoms with Gasteiger partial charge in [0.2, 0.25) is 0 Å². The number of rotatable bonds is 4. The van der Waals surface area contributed by atoms with Gasteiger partial charge in [0.15, 0.2) is 5.82 Å². The lowest BCUT2D eigenvalue weighted by Gasteiger charge is -2.23. The summed E-state index contributed by atoms with van der Waals surface area (Å²) in [6.07, 6.45) is 2.39. The summed E-state index contributed by atoms with van der Waals surface area (Å²) in [5.74, 6) is 6.56. The van der Waals surface area contributed by atoms with Crippen LogP contribution in [0, 0.1) is 0 Å². The molecule has 1 fully saturated rings. The minimum absolute atomic E-state index is 0.433. The Labute approximate surface area is 105 Å². The molecule has 88 valence electrons. The van der Waals surface area contributed by atoms with E-state index in [-0.39, 0.29) is 0 Å². The Morgan fingerprint density at radius 3 is 2.69 bits per heavy atom. The van der Waals surface area contributed by atoms with Crippen molar-refractivity contribution in [2.24, 2.45) is 5.84 Å². The predicted molar refractivity (Wildman–Crippen MR) is 68.1 cm³/mol. The molecule has 0 aromatic carbocycles. The van der Waals surface area contributed by atoms with E-state index in [1.165, 1.54) is 12.8 Å². The van der Waals surface area contributed by atoms with Crippen molar-refractivity contribution < 1.29 is 0 Å². The quantitative estimate of drug-likeness (QED) is 0.646. The molecule has 4 nitrogen and oxygen atoms in total. The number of hydrazine groups is 1. The van der Waals surface area contributed by atoms with E-state index in [1.807, 2.05) is 0 Å². The lowest BCUT2D eigenvalue weighted by Crippen LogP contribution is -2.27. The number of aromatic nitrogens is 1. The first kappa shape index (κ1) is 11.8. The van der Waals surface area contributed by atoms with E-state index in [2.05, 4.69) is 22.2 Å². The monoisotopic (exact) mass is 260 g/mol. The van der Waals surface area contributed by atoms with Crippen LogP contribution in [-0.4, -0.2) is 17.6 Å². The van der Waals surface area contributed by atoms with E-state index in [1.54, 1.807) is 6.07 Å². The second-order valence-corrected chi connectivity index (χ2v) is 4.60. The fourth-order valence-corrected chi connectivity index (χ4v) is 2.25. The molecule has 0 saturated heterocycles. The summed E-state index contributed by atoms with van der Waals surface area (Å²) in [6, 6.07) is 2.23. The van der Waals surface area contributed by atoms with Gasteiger partial charge in [-0.15, -0.1) is 0 Å². The van der Waals surface area contributed by atoms with Crippen LogP contribution in [0.25, 0.3) is 0 Å². The zero-order chi connectivity index (χ0) is 11.7. The molecule has 6 heteroatoms. The van der Waals surface area contributed by atoms with E-state index in [4.69, 9.17) is 29.0 Å².